The second-order valence-corrected chi connectivity index (χ2v) is 9.10. The minimum atomic E-state index is -0.891. The normalized spacial score (nSPS) is 22.1. The fourth-order valence-corrected chi connectivity index (χ4v) is 5.17. The highest BCUT2D eigenvalue weighted by Crippen LogP contribution is 2.35. The largest absolute Gasteiger partial charge is 0.337 e. The topological polar surface area (TPSA) is 91.4 Å². The number of nitrogens with zero attached hydrogens (tertiary/aromatic N) is 2. The maximum absolute atomic E-state index is 12.8. The fourth-order valence-electron chi connectivity index (χ4n) is 4.59. The van der Waals surface area contributed by atoms with E-state index in [1.165, 1.54) is 16.9 Å². The van der Waals surface area contributed by atoms with Gasteiger partial charge in [-0.15, -0.1) is 11.3 Å². The Labute approximate surface area is 179 Å². The van der Waals surface area contributed by atoms with E-state index in [-0.39, 0.29) is 17.7 Å². The van der Waals surface area contributed by atoms with Gasteiger partial charge < -0.3 is 10.2 Å². The van der Waals surface area contributed by atoms with Crippen LogP contribution in [0.25, 0.3) is 0 Å². The Kier molecular flexibility index (Phi) is 5.85. The summed E-state index contributed by atoms with van der Waals surface area (Å²) in [7, 11) is 0. The average molecular weight is 427 g/mol. The first-order chi connectivity index (χ1) is 14.5. The summed E-state index contributed by atoms with van der Waals surface area (Å²) < 4.78 is 0. The molecule has 0 spiro atoms. The molecule has 4 rings (SSSR count). The molecule has 2 saturated heterocycles. The number of piperidine rings is 1. The Morgan fingerprint density at radius 2 is 1.97 bits per heavy atom. The Bertz CT molecular complexity index is 937. The molecule has 3 heterocycles. The minimum absolute atomic E-state index is 0.000874. The SMILES string of the molecule is Cc1nc(C(=O)N2CCC(C3(CCCc4ccccc4)NC(=O)NC3=O)CC2)cs1. The first-order valence-corrected chi connectivity index (χ1v) is 11.2. The van der Waals surface area contributed by atoms with Gasteiger partial charge in [-0.3, -0.25) is 14.9 Å². The van der Waals surface area contributed by atoms with Crippen molar-refractivity contribution in [3.05, 3.63) is 52.0 Å². The molecule has 0 aliphatic carbocycles. The lowest BCUT2D eigenvalue weighted by Crippen LogP contribution is -2.56. The third-order valence-electron chi connectivity index (χ3n) is 6.17. The average Bonchev–Trinajstić information content (AvgIpc) is 3.31. The van der Waals surface area contributed by atoms with E-state index in [1.54, 1.807) is 10.3 Å². The summed E-state index contributed by atoms with van der Waals surface area (Å²) in [6, 6.07) is 9.72. The monoisotopic (exact) mass is 426 g/mol. The number of nitrogens with one attached hydrogen (secondary N) is 2. The van der Waals surface area contributed by atoms with E-state index >= 15 is 0 Å². The molecule has 0 radical (unpaired) electrons. The molecule has 0 saturated carbocycles. The maximum Gasteiger partial charge on any atom is 0.322 e. The zero-order valence-corrected chi connectivity index (χ0v) is 17.8. The van der Waals surface area contributed by atoms with Crippen LogP contribution in [0.2, 0.25) is 0 Å². The molecule has 7 nitrogen and oxygen atoms in total. The highest BCUT2D eigenvalue weighted by molar-refractivity contribution is 7.09. The lowest BCUT2D eigenvalue weighted by atomic mass is 9.74. The molecular weight excluding hydrogens is 400 g/mol. The van der Waals surface area contributed by atoms with Gasteiger partial charge in [0.25, 0.3) is 11.8 Å². The van der Waals surface area contributed by atoms with Crippen LogP contribution in [0.15, 0.2) is 35.7 Å². The van der Waals surface area contributed by atoms with Gasteiger partial charge >= 0.3 is 6.03 Å². The molecular formula is C22H26N4O3S. The van der Waals surface area contributed by atoms with Crippen LogP contribution in [-0.4, -0.2) is 46.4 Å². The van der Waals surface area contributed by atoms with Crippen LogP contribution < -0.4 is 10.6 Å². The maximum atomic E-state index is 12.8. The number of hydrogen-bond acceptors (Lipinski definition) is 5. The standard InChI is InChI=1S/C22H26N4O3S/c1-15-23-18(14-30-15)19(27)26-12-9-17(10-13-26)22(20(28)24-21(29)25-22)11-5-8-16-6-3-2-4-7-16/h2-4,6-7,14,17H,5,8-13H2,1H3,(H2,24,25,28,29). The van der Waals surface area contributed by atoms with Crippen LogP contribution in [0.4, 0.5) is 4.79 Å². The number of benzene rings is 1. The van der Waals surface area contributed by atoms with E-state index in [4.69, 9.17) is 0 Å². The molecule has 158 valence electrons. The van der Waals surface area contributed by atoms with Crippen molar-refractivity contribution >= 4 is 29.2 Å². The summed E-state index contributed by atoms with van der Waals surface area (Å²) in [5.74, 6) is -0.294. The fraction of sp³-hybridized carbons (Fsp3) is 0.455. The molecule has 1 atom stereocenters. The Morgan fingerprint density at radius 3 is 2.57 bits per heavy atom. The number of carbonyl (C=O) groups excluding carboxylic acids is 3. The van der Waals surface area contributed by atoms with Crippen LogP contribution in [0, 0.1) is 12.8 Å². The van der Waals surface area contributed by atoms with Gasteiger partial charge in [-0.25, -0.2) is 9.78 Å². The quantitative estimate of drug-likeness (QED) is 0.695. The van der Waals surface area contributed by atoms with Crippen molar-refractivity contribution in [3.63, 3.8) is 0 Å². The zero-order valence-electron chi connectivity index (χ0n) is 17.0. The van der Waals surface area contributed by atoms with E-state index in [2.05, 4.69) is 27.8 Å². The first kappa shape index (κ1) is 20.5. The molecule has 30 heavy (non-hydrogen) atoms. The summed E-state index contributed by atoms with van der Waals surface area (Å²) in [6.07, 6.45) is 3.59. The molecule has 4 amide bonds. The minimum Gasteiger partial charge on any atom is -0.337 e. The predicted octanol–water partition coefficient (Wildman–Crippen LogP) is 2.90. The number of likely N-dealkylation sites (tertiary alicyclic amines) is 1. The summed E-state index contributed by atoms with van der Waals surface area (Å²) in [5, 5.41) is 8.04. The molecule has 2 fully saturated rings. The second kappa shape index (κ2) is 8.55. The number of aromatic nitrogens is 1. The predicted molar refractivity (Wildman–Crippen MR) is 114 cm³/mol. The van der Waals surface area contributed by atoms with Crippen molar-refractivity contribution in [1.82, 2.24) is 20.5 Å². The summed E-state index contributed by atoms with van der Waals surface area (Å²) >= 11 is 1.47. The molecule has 2 aliphatic rings. The molecule has 2 aliphatic heterocycles. The lowest BCUT2D eigenvalue weighted by Gasteiger charge is -2.40. The third-order valence-corrected chi connectivity index (χ3v) is 6.94. The van der Waals surface area contributed by atoms with Crippen LogP contribution in [0.1, 0.15) is 46.7 Å². The molecule has 1 aromatic heterocycles. The number of aryl methyl sites for hydroxylation is 2. The van der Waals surface area contributed by atoms with Crippen molar-refractivity contribution < 1.29 is 14.4 Å². The van der Waals surface area contributed by atoms with Gasteiger partial charge in [0.2, 0.25) is 0 Å². The zero-order chi connectivity index (χ0) is 21.1. The number of urea groups is 1. The Hall–Kier alpha value is -2.74. The second-order valence-electron chi connectivity index (χ2n) is 8.04. The van der Waals surface area contributed by atoms with Crippen molar-refractivity contribution in [2.24, 2.45) is 5.92 Å². The van der Waals surface area contributed by atoms with Crippen molar-refractivity contribution in [2.45, 2.75) is 44.6 Å². The Morgan fingerprint density at radius 1 is 1.23 bits per heavy atom. The van der Waals surface area contributed by atoms with Crippen molar-refractivity contribution in [1.29, 1.82) is 0 Å². The Balaban J connectivity index is 1.41. The van der Waals surface area contributed by atoms with Gasteiger partial charge in [0, 0.05) is 18.5 Å². The van der Waals surface area contributed by atoms with E-state index in [0.717, 1.165) is 17.8 Å². The van der Waals surface area contributed by atoms with E-state index in [0.29, 0.717) is 38.0 Å². The lowest BCUT2D eigenvalue weighted by molar-refractivity contribution is -0.127. The smallest absolute Gasteiger partial charge is 0.322 e. The molecule has 2 N–H and O–H groups in total. The molecule has 1 aromatic carbocycles. The van der Waals surface area contributed by atoms with Gasteiger partial charge in [-0.2, -0.15) is 0 Å². The molecule has 1 unspecified atom stereocenters. The van der Waals surface area contributed by atoms with Crippen molar-refractivity contribution in [2.75, 3.05) is 13.1 Å². The number of amides is 4. The van der Waals surface area contributed by atoms with Gasteiger partial charge in [0.05, 0.1) is 5.01 Å². The number of hydrogen-bond donors (Lipinski definition) is 2. The van der Waals surface area contributed by atoms with Crippen LogP contribution >= 0.6 is 11.3 Å². The van der Waals surface area contributed by atoms with Gasteiger partial charge in [-0.05, 0) is 50.5 Å². The highest BCUT2D eigenvalue weighted by atomic mass is 32.1. The first-order valence-electron chi connectivity index (χ1n) is 10.4. The van der Waals surface area contributed by atoms with Crippen molar-refractivity contribution in [3.8, 4) is 0 Å². The van der Waals surface area contributed by atoms with E-state index in [1.807, 2.05) is 25.1 Å². The van der Waals surface area contributed by atoms with Gasteiger partial charge in [0.15, 0.2) is 0 Å². The number of imide groups is 1. The van der Waals surface area contributed by atoms with Crippen LogP contribution in [-0.2, 0) is 11.2 Å². The number of thiazole rings is 1. The number of rotatable bonds is 6. The summed E-state index contributed by atoms with van der Waals surface area (Å²) in [6.45, 7) is 3.00. The van der Waals surface area contributed by atoms with E-state index < -0.39 is 11.6 Å². The van der Waals surface area contributed by atoms with Gasteiger partial charge in [-0.1, -0.05) is 30.3 Å². The summed E-state index contributed by atoms with van der Waals surface area (Å²) in [5.41, 5.74) is 0.815. The van der Waals surface area contributed by atoms with Crippen LogP contribution in [0.5, 0.6) is 0 Å². The van der Waals surface area contributed by atoms with Gasteiger partial charge in [0.1, 0.15) is 11.2 Å². The van der Waals surface area contributed by atoms with E-state index in [9.17, 15) is 14.4 Å². The third kappa shape index (κ3) is 4.09. The molecule has 8 heteroatoms. The molecule has 2 aromatic rings. The molecule has 0 bridgehead atoms. The summed E-state index contributed by atoms with van der Waals surface area (Å²) in [4.78, 5) is 43.6. The number of carbonyl (C=O) groups is 3. The van der Waals surface area contributed by atoms with Crippen LogP contribution in [0.3, 0.4) is 0 Å². The highest BCUT2D eigenvalue weighted by Gasteiger charge is 2.51.